The van der Waals surface area contributed by atoms with E-state index in [4.69, 9.17) is 9.47 Å². The van der Waals surface area contributed by atoms with E-state index in [2.05, 4.69) is 15.1 Å². The van der Waals surface area contributed by atoms with E-state index in [0.717, 1.165) is 34.1 Å². The highest BCUT2D eigenvalue weighted by atomic mass is 16.7. The van der Waals surface area contributed by atoms with Crippen LogP contribution in [0.15, 0.2) is 29.4 Å². The van der Waals surface area contributed by atoms with Gasteiger partial charge in [-0.3, -0.25) is 4.79 Å². The Morgan fingerprint density at radius 2 is 2.05 bits per heavy atom. The van der Waals surface area contributed by atoms with Crippen LogP contribution in [0.1, 0.15) is 23.9 Å². The van der Waals surface area contributed by atoms with Crippen LogP contribution in [0.25, 0.3) is 5.69 Å². The summed E-state index contributed by atoms with van der Waals surface area (Å²) in [5.74, 6) is 1.32. The van der Waals surface area contributed by atoms with Gasteiger partial charge in [-0.2, -0.15) is 5.10 Å². The van der Waals surface area contributed by atoms with Gasteiger partial charge in [0, 0.05) is 35.6 Å². The van der Waals surface area contributed by atoms with Crippen LogP contribution in [0.2, 0.25) is 0 Å². The van der Waals surface area contributed by atoms with E-state index >= 15 is 0 Å². The molecule has 0 bridgehead atoms. The lowest BCUT2D eigenvalue weighted by molar-refractivity contribution is -0.118. The molecular weight excluding hydrogens is 282 g/mol. The van der Waals surface area contributed by atoms with Crippen LogP contribution in [0.3, 0.4) is 0 Å². The first-order valence-electron chi connectivity index (χ1n) is 6.95. The lowest BCUT2D eigenvalue weighted by atomic mass is 10.2. The number of aromatic nitrogens is 1. The predicted molar refractivity (Wildman–Crippen MR) is 82.8 cm³/mol. The molecule has 0 spiro atoms. The van der Waals surface area contributed by atoms with Crippen molar-refractivity contribution in [1.82, 2.24) is 9.99 Å². The number of hydrazone groups is 1. The van der Waals surface area contributed by atoms with Crippen LogP contribution in [0, 0.1) is 13.8 Å². The van der Waals surface area contributed by atoms with E-state index in [-0.39, 0.29) is 12.7 Å². The van der Waals surface area contributed by atoms with Crippen molar-refractivity contribution >= 4 is 12.1 Å². The largest absolute Gasteiger partial charge is 0.454 e. The standard InChI is InChI=1S/C16H17N3O3/c1-10-6-13(8-17-18-12(3)20)11(2)19(10)14-4-5-15-16(7-14)22-9-21-15/h4-8H,9H2,1-3H3,(H,18,20). The van der Waals surface area contributed by atoms with E-state index in [1.807, 2.05) is 38.1 Å². The van der Waals surface area contributed by atoms with Gasteiger partial charge in [0.05, 0.1) is 6.21 Å². The summed E-state index contributed by atoms with van der Waals surface area (Å²) in [5.41, 5.74) is 6.46. The van der Waals surface area contributed by atoms with Crippen LogP contribution in [0.4, 0.5) is 0 Å². The van der Waals surface area contributed by atoms with Crippen molar-refractivity contribution in [2.24, 2.45) is 5.10 Å². The molecule has 1 aromatic carbocycles. The van der Waals surface area contributed by atoms with Crippen molar-refractivity contribution in [3.63, 3.8) is 0 Å². The molecule has 1 aliphatic heterocycles. The summed E-state index contributed by atoms with van der Waals surface area (Å²) < 4.78 is 12.9. The van der Waals surface area contributed by atoms with Crippen LogP contribution < -0.4 is 14.9 Å². The Bertz CT molecular complexity index is 762. The molecular formula is C16H17N3O3. The number of benzene rings is 1. The maximum Gasteiger partial charge on any atom is 0.236 e. The number of carbonyl (C=O) groups is 1. The van der Waals surface area contributed by atoms with Gasteiger partial charge in [0.2, 0.25) is 12.7 Å². The molecule has 3 rings (SSSR count). The molecule has 0 saturated heterocycles. The molecule has 0 atom stereocenters. The second-order valence-corrected chi connectivity index (χ2v) is 5.13. The van der Waals surface area contributed by atoms with Gasteiger partial charge in [-0.15, -0.1) is 0 Å². The van der Waals surface area contributed by atoms with Gasteiger partial charge in [0.1, 0.15) is 0 Å². The third-order valence-corrected chi connectivity index (χ3v) is 3.51. The summed E-state index contributed by atoms with van der Waals surface area (Å²) >= 11 is 0. The zero-order valence-electron chi connectivity index (χ0n) is 12.7. The molecule has 6 heteroatoms. The zero-order chi connectivity index (χ0) is 15.7. The SMILES string of the molecule is CC(=O)NN=Cc1cc(C)n(-c2ccc3c(c2)OCO3)c1C. The van der Waals surface area contributed by atoms with Crippen molar-refractivity contribution in [2.45, 2.75) is 20.8 Å². The van der Waals surface area contributed by atoms with Gasteiger partial charge in [-0.05, 0) is 32.0 Å². The van der Waals surface area contributed by atoms with Crippen molar-refractivity contribution in [3.05, 3.63) is 41.2 Å². The van der Waals surface area contributed by atoms with Crippen molar-refractivity contribution in [3.8, 4) is 17.2 Å². The number of amides is 1. The van der Waals surface area contributed by atoms with Crippen LogP contribution >= 0.6 is 0 Å². The normalized spacial score (nSPS) is 12.9. The number of aryl methyl sites for hydroxylation is 1. The molecule has 2 aromatic rings. The van der Waals surface area contributed by atoms with E-state index in [0.29, 0.717) is 0 Å². The maximum absolute atomic E-state index is 10.9. The monoisotopic (exact) mass is 299 g/mol. The first-order chi connectivity index (χ1) is 10.6. The van der Waals surface area contributed by atoms with Crippen molar-refractivity contribution in [1.29, 1.82) is 0 Å². The van der Waals surface area contributed by atoms with Crippen molar-refractivity contribution < 1.29 is 14.3 Å². The van der Waals surface area contributed by atoms with Gasteiger partial charge in [-0.1, -0.05) is 0 Å². The molecule has 22 heavy (non-hydrogen) atoms. The number of nitrogens with zero attached hydrogens (tertiary/aromatic N) is 2. The zero-order valence-corrected chi connectivity index (χ0v) is 12.7. The van der Waals surface area contributed by atoms with Gasteiger partial charge in [0.25, 0.3) is 0 Å². The average Bonchev–Trinajstić information content (AvgIpc) is 3.03. The second-order valence-electron chi connectivity index (χ2n) is 5.13. The maximum atomic E-state index is 10.9. The van der Waals surface area contributed by atoms with Crippen molar-refractivity contribution in [2.75, 3.05) is 6.79 Å². The fourth-order valence-electron chi connectivity index (χ4n) is 2.53. The number of ether oxygens (including phenoxy) is 2. The Hall–Kier alpha value is -2.76. The number of carbonyl (C=O) groups excluding carboxylic acids is 1. The number of fused-ring (bicyclic) bond motifs is 1. The lowest BCUT2D eigenvalue weighted by Crippen LogP contribution is -2.12. The molecule has 1 aliphatic rings. The molecule has 0 saturated carbocycles. The number of nitrogens with one attached hydrogen (secondary N) is 1. The Morgan fingerprint density at radius 3 is 2.82 bits per heavy atom. The summed E-state index contributed by atoms with van der Waals surface area (Å²) in [7, 11) is 0. The highest BCUT2D eigenvalue weighted by Crippen LogP contribution is 2.34. The van der Waals surface area contributed by atoms with E-state index in [9.17, 15) is 4.79 Å². The first-order valence-corrected chi connectivity index (χ1v) is 6.95. The molecule has 0 aliphatic carbocycles. The summed E-state index contributed by atoms with van der Waals surface area (Å²) in [6.45, 7) is 5.71. The Kier molecular flexibility index (Phi) is 3.58. The van der Waals surface area contributed by atoms with Gasteiger partial charge in [0.15, 0.2) is 11.5 Å². The molecule has 6 nitrogen and oxygen atoms in total. The highest BCUT2D eigenvalue weighted by Gasteiger charge is 2.16. The third kappa shape index (κ3) is 2.55. The third-order valence-electron chi connectivity index (χ3n) is 3.51. The topological polar surface area (TPSA) is 64.9 Å². The molecule has 1 N–H and O–H groups in total. The minimum absolute atomic E-state index is 0.194. The molecule has 0 fully saturated rings. The quantitative estimate of drug-likeness (QED) is 0.698. The van der Waals surface area contributed by atoms with E-state index < -0.39 is 0 Å². The number of hydrogen-bond acceptors (Lipinski definition) is 4. The molecule has 1 amide bonds. The Balaban J connectivity index is 1.96. The first kappa shape index (κ1) is 14.2. The fraction of sp³-hybridized carbons (Fsp3) is 0.250. The smallest absolute Gasteiger partial charge is 0.236 e. The second kappa shape index (κ2) is 5.55. The Labute approximate surface area is 128 Å². The number of hydrogen-bond donors (Lipinski definition) is 1. The molecule has 114 valence electrons. The average molecular weight is 299 g/mol. The van der Waals surface area contributed by atoms with Crippen LogP contribution in [-0.4, -0.2) is 23.5 Å². The molecule has 1 aromatic heterocycles. The Morgan fingerprint density at radius 1 is 1.27 bits per heavy atom. The lowest BCUT2D eigenvalue weighted by Gasteiger charge is -2.10. The molecule has 2 heterocycles. The fourth-order valence-corrected chi connectivity index (χ4v) is 2.53. The summed E-state index contributed by atoms with van der Waals surface area (Å²) in [4.78, 5) is 10.9. The predicted octanol–water partition coefficient (Wildman–Crippen LogP) is 2.29. The summed E-state index contributed by atoms with van der Waals surface area (Å²) in [6, 6.07) is 7.87. The highest BCUT2D eigenvalue weighted by molar-refractivity contribution is 5.83. The summed E-state index contributed by atoms with van der Waals surface area (Å²) in [6.07, 6.45) is 1.65. The van der Waals surface area contributed by atoms with Gasteiger partial charge in [-0.25, -0.2) is 5.43 Å². The van der Waals surface area contributed by atoms with Crippen LogP contribution in [-0.2, 0) is 4.79 Å². The minimum atomic E-state index is -0.194. The summed E-state index contributed by atoms with van der Waals surface area (Å²) in [5, 5.41) is 3.93. The minimum Gasteiger partial charge on any atom is -0.454 e. The van der Waals surface area contributed by atoms with E-state index in [1.54, 1.807) is 6.21 Å². The molecule has 0 unspecified atom stereocenters. The molecule has 0 radical (unpaired) electrons. The number of rotatable bonds is 3. The van der Waals surface area contributed by atoms with Crippen LogP contribution in [0.5, 0.6) is 11.5 Å². The van der Waals surface area contributed by atoms with Gasteiger partial charge < -0.3 is 14.0 Å². The van der Waals surface area contributed by atoms with Gasteiger partial charge >= 0.3 is 0 Å². The van der Waals surface area contributed by atoms with E-state index in [1.165, 1.54) is 6.92 Å².